The zero-order valence-electron chi connectivity index (χ0n) is 16.3. The molecule has 1 aromatic rings. The average molecular weight is 385 g/mol. The smallest absolute Gasteiger partial charge is 0.289 e. The first-order chi connectivity index (χ1) is 13.3. The number of rotatable bonds is 7. The predicted octanol–water partition coefficient (Wildman–Crippen LogP) is 1.17. The molecule has 1 aliphatic carbocycles. The summed E-state index contributed by atoms with van der Waals surface area (Å²) in [5.74, 6) is -1.47. The number of amides is 3. The molecule has 3 amide bonds. The molecule has 0 unspecified atom stereocenters. The fourth-order valence-electron chi connectivity index (χ4n) is 3.74. The highest BCUT2D eigenvalue weighted by molar-refractivity contribution is 6.38. The van der Waals surface area contributed by atoms with Gasteiger partial charge in [0.25, 0.3) is 5.91 Å². The molecule has 2 N–H and O–H groups in total. The molecule has 0 bridgehead atoms. The van der Waals surface area contributed by atoms with Gasteiger partial charge in [-0.1, -0.05) is 30.3 Å². The normalized spacial score (nSPS) is 24.0. The zero-order chi connectivity index (χ0) is 20.3. The average Bonchev–Trinajstić information content (AvgIpc) is 2.97. The standard InChI is InChI=1S/C21H27N3O4/c1-13(2)22-20(27)15-10-16(11-15)23-21(28)19(26)17-8-9-18(25)24(17)12-14-6-4-3-5-7-14/h3-7,13,15-17H,8-12H2,1-2H3,(H,22,27)(H,23,28)/t15-,16+,17-/m1/s1. The Labute approximate surface area is 164 Å². The summed E-state index contributed by atoms with van der Waals surface area (Å²) in [5.41, 5.74) is 0.925. The van der Waals surface area contributed by atoms with Crippen LogP contribution in [0.25, 0.3) is 0 Å². The summed E-state index contributed by atoms with van der Waals surface area (Å²) < 4.78 is 0. The van der Waals surface area contributed by atoms with Crippen LogP contribution < -0.4 is 10.6 Å². The van der Waals surface area contributed by atoms with Crippen LogP contribution in [0, 0.1) is 5.92 Å². The van der Waals surface area contributed by atoms with Crippen molar-refractivity contribution in [3.05, 3.63) is 35.9 Å². The first-order valence-electron chi connectivity index (χ1n) is 9.83. The fourth-order valence-corrected chi connectivity index (χ4v) is 3.74. The summed E-state index contributed by atoms with van der Waals surface area (Å²) in [5, 5.41) is 5.58. The van der Waals surface area contributed by atoms with E-state index in [-0.39, 0.29) is 36.2 Å². The molecule has 28 heavy (non-hydrogen) atoms. The van der Waals surface area contributed by atoms with E-state index in [9.17, 15) is 19.2 Å². The molecule has 0 aromatic heterocycles. The lowest BCUT2D eigenvalue weighted by molar-refractivity contribution is -0.144. The van der Waals surface area contributed by atoms with E-state index >= 15 is 0 Å². The maximum absolute atomic E-state index is 12.6. The van der Waals surface area contributed by atoms with Gasteiger partial charge in [-0.05, 0) is 38.7 Å². The Morgan fingerprint density at radius 1 is 1.14 bits per heavy atom. The van der Waals surface area contributed by atoms with Crippen molar-refractivity contribution >= 4 is 23.5 Å². The lowest BCUT2D eigenvalue weighted by atomic mass is 9.79. The van der Waals surface area contributed by atoms with Gasteiger partial charge in [0.1, 0.15) is 6.04 Å². The van der Waals surface area contributed by atoms with Crippen molar-refractivity contribution in [3.8, 4) is 0 Å². The Morgan fingerprint density at radius 2 is 1.82 bits per heavy atom. The van der Waals surface area contributed by atoms with E-state index in [4.69, 9.17) is 0 Å². The summed E-state index contributed by atoms with van der Waals surface area (Å²) in [6.45, 7) is 4.13. The second-order valence-corrected chi connectivity index (χ2v) is 7.93. The molecule has 3 rings (SSSR count). The van der Waals surface area contributed by atoms with Gasteiger partial charge in [0.2, 0.25) is 17.6 Å². The van der Waals surface area contributed by atoms with E-state index in [0.717, 1.165) is 5.56 Å². The number of Topliss-reactive ketones (excluding diaryl/α,β-unsaturated/α-hetero) is 1. The number of nitrogens with zero attached hydrogens (tertiary/aromatic N) is 1. The van der Waals surface area contributed by atoms with E-state index < -0.39 is 17.7 Å². The lowest BCUT2D eigenvalue weighted by Gasteiger charge is -2.35. The fraction of sp³-hybridized carbons (Fsp3) is 0.524. The minimum absolute atomic E-state index is 0.0118. The molecule has 2 fully saturated rings. The van der Waals surface area contributed by atoms with Gasteiger partial charge in [-0.25, -0.2) is 0 Å². The van der Waals surface area contributed by atoms with Crippen molar-refractivity contribution in [1.82, 2.24) is 15.5 Å². The van der Waals surface area contributed by atoms with Crippen LogP contribution in [-0.2, 0) is 25.7 Å². The first-order valence-corrected chi connectivity index (χ1v) is 9.83. The Hall–Kier alpha value is -2.70. The van der Waals surface area contributed by atoms with Crippen molar-refractivity contribution < 1.29 is 19.2 Å². The van der Waals surface area contributed by atoms with Crippen LogP contribution in [0.5, 0.6) is 0 Å². The topological polar surface area (TPSA) is 95.6 Å². The Kier molecular flexibility index (Phi) is 6.11. The molecular formula is C21H27N3O4. The Morgan fingerprint density at radius 3 is 2.46 bits per heavy atom. The maximum Gasteiger partial charge on any atom is 0.289 e. The number of carbonyl (C=O) groups excluding carboxylic acids is 4. The van der Waals surface area contributed by atoms with Crippen molar-refractivity contribution in [3.63, 3.8) is 0 Å². The second-order valence-electron chi connectivity index (χ2n) is 7.93. The molecular weight excluding hydrogens is 358 g/mol. The van der Waals surface area contributed by atoms with Crippen LogP contribution in [0.1, 0.15) is 45.1 Å². The van der Waals surface area contributed by atoms with Gasteiger partial charge in [-0.2, -0.15) is 0 Å². The predicted molar refractivity (Wildman–Crippen MR) is 103 cm³/mol. The molecule has 0 spiro atoms. The van der Waals surface area contributed by atoms with Gasteiger partial charge in [0.05, 0.1) is 0 Å². The van der Waals surface area contributed by atoms with E-state index in [1.807, 2.05) is 44.2 Å². The maximum atomic E-state index is 12.6. The lowest BCUT2D eigenvalue weighted by Crippen LogP contribution is -2.53. The van der Waals surface area contributed by atoms with Crippen LogP contribution in [0.15, 0.2) is 30.3 Å². The van der Waals surface area contributed by atoms with Gasteiger partial charge in [-0.15, -0.1) is 0 Å². The number of carbonyl (C=O) groups is 4. The van der Waals surface area contributed by atoms with Gasteiger partial charge in [0, 0.05) is 31.0 Å². The molecule has 1 aliphatic heterocycles. The van der Waals surface area contributed by atoms with E-state index in [1.165, 1.54) is 4.90 Å². The van der Waals surface area contributed by atoms with E-state index in [0.29, 0.717) is 25.8 Å². The molecule has 150 valence electrons. The first kappa shape index (κ1) is 20.0. The highest BCUT2D eigenvalue weighted by Crippen LogP contribution is 2.28. The summed E-state index contributed by atoms with van der Waals surface area (Å²) in [6, 6.07) is 8.63. The van der Waals surface area contributed by atoms with Crippen molar-refractivity contribution in [2.24, 2.45) is 5.92 Å². The third-order valence-corrected chi connectivity index (χ3v) is 5.33. The molecule has 1 heterocycles. The van der Waals surface area contributed by atoms with Gasteiger partial charge >= 0.3 is 0 Å². The SMILES string of the molecule is CC(C)NC(=O)[C@H]1C[C@@H](NC(=O)C(=O)[C@H]2CCC(=O)N2Cc2ccccc2)C1. The highest BCUT2D eigenvalue weighted by Gasteiger charge is 2.41. The number of nitrogens with one attached hydrogen (secondary N) is 2. The van der Waals surface area contributed by atoms with Gasteiger partial charge in [0.15, 0.2) is 0 Å². The minimum atomic E-state index is -0.715. The number of hydrogen-bond acceptors (Lipinski definition) is 4. The molecule has 0 radical (unpaired) electrons. The van der Waals surface area contributed by atoms with Crippen molar-refractivity contribution in [2.45, 2.75) is 64.2 Å². The number of hydrogen-bond donors (Lipinski definition) is 2. The second kappa shape index (κ2) is 8.54. The monoisotopic (exact) mass is 385 g/mol. The summed E-state index contributed by atoms with van der Waals surface area (Å²) in [6.07, 6.45) is 1.71. The molecule has 7 nitrogen and oxygen atoms in total. The molecule has 1 aromatic carbocycles. The van der Waals surface area contributed by atoms with Crippen molar-refractivity contribution in [2.75, 3.05) is 0 Å². The summed E-state index contributed by atoms with van der Waals surface area (Å²) in [7, 11) is 0. The molecule has 1 saturated carbocycles. The molecule has 2 aliphatic rings. The van der Waals surface area contributed by atoms with E-state index in [1.54, 1.807) is 0 Å². The largest absolute Gasteiger partial charge is 0.354 e. The van der Waals surface area contributed by atoms with Crippen molar-refractivity contribution in [1.29, 1.82) is 0 Å². The third-order valence-electron chi connectivity index (χ3n) is 5.33. The number of benzene rings is 1. The van der Waals surface area contributed by atoms with Crippen LogP contribution in [-0.4, -0.2) is 46.5 Å². The highest BCUT2D eigenvalue weighted by atomic mass is 16.2. The van der Waals surface area contributed by atoms with E-state index in [2.05, 4.69) is 10.6 Å². The number of ketones is 1. The van der Waals surface area contributed by atoms with Gasteiger partial charge < -0.3 is 15.5 Å². The molecule has 7 heteroatoms. The van der Waals surface area contributed by atoms with Crippen LogP contribution in [0.2, 0.25) is 0 Å². The quantitative estimate of drug-likeness (QED) is 0.689. The minimum Gasteiger partial charge on any atom is -0.354 e. The third kappa shape index (κ3) is 4.58. The van der Waals surface area contributed by atoms with Crippen LogP contribution in [0.3, 0.4) is 0 Å². The summed E-state index contributed by atoms with van der Waals surface area (Å²) >= 11 is 0. The Bertz CT molecular complexity index is 756. The van der Waals surface area contributed by atoms with Crippen LogP contribution in [0.4, 0.5) is 0 Å². The van der Waals surface area contributed by atoms with Crippen LogP contribution >= 0.6 is 0 Å². The Balaban J connectivity index is 1.52. The summed E-state index contributed by atoms with van der Waals surface area (Å²) in [4.78, 5) is 50.7. The van der Waals surface area contributed by atoms with Gasteiger partial charge in [-0.3, -0.25) is 19.2 Å². The molecule has 1 atom stereocenters. The number of likely N-dealkylation sites (tertiary alicyclic amines) is 1. The molecule has 1 saturated heterocycles. The zero-order valence-corrected chi connectivity index (χ0v) is 16.3.